The fourth-order valence-corrected chi connectivity index (χ4v) is 3.15. The number of hydrogen-bond acceptors (Lipinski definition) is 3. The van der Waals surface area contributed by atoms with E-state index >= 15 is 0 Å². The van der Waals surface area contributed by atoms with Crippen molar-refractivity contribution in [2.75, 3.05) is 13.6 Å². The minimum atomic E-state index is 0.153. The van der Waals surface area contributed by atoms with Crippen LogP contribution in [0.5, 0.6) is 0 Å². The molecule has 1 amide bonds. The number of carbonyl (C=O) groups is 1. The number of amides is 1. The first-order chi connectivity index (χ1) is 10.2. The van der Waals surface area contributed by atoms with Gasteiger partial charge in [-0.15, -0.1) is 11.6 Å². The number of halogens is 1. The summed E-state index contributed by atoms with van der Waals surface area (Å²) in [5, 5.41) is 9.21. The van der Waals surface area contributed by atoms with Crippen molar-refractivity contribution in [3.63, 3.8) is 0 Å². The molecule has 108 valence electrons. The third kappa shape index (κ3) is 2.26. The normalized spacial score (nSPS) is 19.0. The second kappa shape index (κ2) is 5.38. The lowest BCUT2D eigenvalue weighted by molar-refractivity contribution is -0.132. The predicted octanol–water partition coefficient (Wildman–Crippen LogP) is 2.44. The zero-order chi connectivity index (χ0) is 15.0. The Balaban J connectivity index is 2.13. The smallest absolute Gasteiger partial charge is 0.222 e. The lowest BCUT2D eigenvalue weighted by Gasteiger charge is -2.31. The van der Waals surface area contributed by atoms with Crippen molar-refractivity contribution in [3.05, 3.63) is 29.6 Å². The maximum atomic E-state index is 11.7. The number of likely N-dealkylation sites (tertiary alicyclic amines) is 1. The molecule has 0 N–H and O–H groups in total. The average molecular weight is 303 g/mol. The summed E-state index contributed by atoms with van der Waals surface area (Å²) in [4.78, 5) is 17.9. The Hall–Kier alpha value is -2.06. The quantitative estimate of drug-likeness (QED) is 0.801. The topological polar surface area (TPSA) is 61.9 Å². The van der Waals surface area contributed by atoms with Crippen molar-refractivity contribution in [2.24, 2.45) is 0 Å². The number of nitriles is 1. The number of alkyl halides is 1. The first-order valence-electron chi connectivity index (χ1n) is 6.85. The number of carbonyl (C=O) groups excluding carboxylic acids is 1. The number of imidazole rings is 1. The van der Waals surface area contributed by atoms with Gasteiger partial charge in [-0.2, -0.15) is 5.26 Å². The third-order valence-electron chi connectivity index (χ3n) is 4.00. The Kier molecular flexibility index (Phi) is 3.56. The number of para-hydroxylation sites is 1. The minimum Gasteiger partial charge on any atom is -0.344 e. The molecule has 2 aromatic rings. The van der Waals surface area contributed by atoms with Gasteiger partial charge in [-0.05, 0) is 18.6 Å². The summed E-state index contributed by atoms with van der Waals surface area (Å²) in [6.07, 6.45) is 1.30. The van der Waals surface area contributed by atoms with Gasteiger partial charge < -0.3 is 9.47 Å². The molecule has 0 aliphatic carbocycles. The fourth-order valence-electron chi connectivity index (χ4n) is 2.96. The van der Waals surface area contributed by atoms with Gasteiger partial charge in [-0.1, -0.05) is 6.07 Å². The van der Waals surface area contributed by atoms with Crippen molar-refractivity contribution in [1.29, 1.82) is 5.26 Å². The van der Waals surface area contributed by atoms with Crippen LogP contribution in [0.2, 0.25) is 0 Å². The monoisotopic (exact) mass is 302 g/mol. The van der Waals surface area contributed by atoms with Crippen molar-refractivity contribution in [2.45, 2.75) is 24.8 Å². The summed E-state index contributed by atoms with van der Waals surface area (Å²) < 4.78 is 2.09. The van der Waals surface area contributed by atoms with E-state index in [-0.39, 0.29) is 17.8 Å². The summed E-state index contributed by atoms with van der Waals surface area (Å²) in [5.74, 6) is 1.20. The number of benzene rings is 1. The summed E-state index contributed by atoms with van der Waals surface area (Å²) in [7, 11) is 1.81. The Labute approximate surface area is 127 Å². The Morgan fingerprint density at radius 1 is 1.52 bits per heavy atom. The van der Waals surface area contributed by atoms with Gasteiger partial charge in [-0.25, -0.2) is 4.98 Å². The van der Waals surface area contributed by atoms with E-state index in [1.807, 2.05) is 19.2 Å². The molecule has 1 aromatic carbocycles. The van der Waals surface area contributed by atoms with Gasteiger partial charge >= 0.3 is 0 Å². The van der Waals surface area contributed by atoms with E-state index in [1.54, 1.807) is 11.0 Å². The standard InChI is InChI=1S/C15H15ClN4O/c1-19-9-11(5-6-14(19)21)20-12-4-2-3-10(8-17)15(12)18-13(20)7-16/h2-4,11H,5-7,9H2,1H3. The molecular formula is C15H15ClN4O. The number of likely N-dealkylation sites (N-methyl/N-ethyl adjacent to an activating group) is 1. The van der Waals surface area contributed by atoms with Crippen LogP contribution in [-0.4, -0.2) is 34.0 Å². The molecule has 0 radical (unpaired) electrons. The molecule has 6 heteroatoms. The molecule has 21 heavy (non-hydrogen) atoms. The molecular weight excluding hydrogens is 288 g/mol. The van der Waals surface area contributed by atoms with Crippen LogP contribution in [0.1, 0.15) is 30.3 Å². The summed E-state index contributed by atoms with van der Waals surface area (Å²) in [6, 6.07) is 7.89. The maximum Gasteiger partial charge on any atom is 0.222 e. The number of piperidine rings is 1. The highest BCUT2D eigenvalue weighted by Crippen LogP contribution is 2.29. The summed E-state index contributed by atoms with van der Waals surface area (Å²) in [6.45, 7) is 0.644. The Morgan fingerprint density at radius 3 is 3.00 bits per heavy atom. The number of nitrogens with zero attached hydrogens (tertiary/aromatic N) is 4. The molecule has 1 atom stereocenters. The lowest BCUT2D eigenvalue weighted by Crippen LogP contribution is -2.38. The van der Waals surface area contributed by atoms with E-state index in [1.165, 1.54) is 0 Å². The van der Waals surface area contributed by atoms with Crippen molar-refractivity contribution >= 4 is 28.5 Å². The van der Waals surface area contributed by atoms with Crippen LogP contribution >= 0.6 is 11.6 Å². The van der Waals surface area contributed by atoms with E-state index < -0.39 is 0 Å². The Bertz CT molecular complexity index is 746. The molecule has 0 spiro atoms. The van der Waals surface area contributed by atoms with E-state index in [0.29, 0.717) is 24.0 Å². The van der Waals surface area contributed by atoms with Crippen LogP contribution < -0.4 is 0 Å². The summed E-state index contributed by atoms with van der Waals surface area (Å²) >= 11 is 6.04. The number of aromatic nitrogens is 2. The van der Waals surface area contributed by atoms with Crippen molar-refractivity contribution in [1.82, 2.24) is 14.5 Å². The van der Waals surface area contributed by atoms with Crippen LogP contribution in [-0.2, 0) is 10.7 Å². The molecule has 1 fully saturated rings. The minimum absolute atomic E-state index is 0.153. The fraction of sp³-hybridized carbons (Fsp3) is 0.400. The number of rotatable bonds is 2. The van der Waals surface area contributed by atoms with Gasteiger partial charge in [0.05, 0.1) is 23.0 Å². The van der Waals surface area contributed by atoms with Crippen LogP contribution in [0.15, 0.2) is 18.2 Å². The molecule has 5 nitrogen and oxygen atoms in total. The molecule has 0 saturated carbocycles. The Morgan fingerprint density at radius 2 is 2.33 bits per heavy atom. The van der Waals surface area contributed by atoms with Gasteiger partial charge in [0.25, 0.3) is 0 Å². The average Bonchev–Trinajstić information content (AvgIpc) is 2.88. The van der Waals surface area contributed by atoms with E-state index in [4.69, 9.17) is 11.6 Å². The molecule has 1 unspecified atom stereocenters. The number of fused-ring (bicyclic) bond motifs is 1. The van der Waals surface area contributed by atoms with E-state index in [9.17, 15) is 10.1 Å². The molecule has 1 aliphatic heterocycles. The van der Waals surface area contributed by atoms with Crippen molar-refractivity contribution < 1.29 is 4.79 Å². The van der Waals surface area contributed by atoms with Gasteiger partial charge in [-0.3, -0.25) is 4.79 Å². The van der Waals surface area contributed by atoms with Gasteiger partial charge in [0.15, 0.2) is 0 Å². The molecule has 0 bridgehead atoms. The van der Waals surface area contributed by atoms with Crippen LogP contribution in [0.4, 0.5) is 0 Å². The largest absolute Gasteiger partial charge is 0.344 e. The first-order valence-corrected chi connectivity index (χ1v) is 7.39. The molecule has 1 aromatic heterocycles. The molecule has 2 heterocycles. The maximum absolute atomic E-state index is 11.7. The van der Waals surface area contributed by atoms with Gasteiger partial charge in [0.1, 0.15) is 17.4 Å². The van der Waals surface area contributed by atoms with Crippen LogP contribution in [0, 0.1) is 11.3 Å². The van der Waals surface area contributed by atoms with Gasteiger partial charge in [0.2, 0.25) is 5.91 Å². The second-order valence-corrected chi connectivity index (χ2v) is 5.55. The lowest BCUT2D eigenvalue weighted by atomic mass is 10.0. The highest BCUT2D eigenvalue weighted by Gasteiger charge is 2.27. The zero-order valence-electron chi connectivity index (χ0n) is 11.7. The van der Waals surface area contributed by atoms with Gasteiger partial charge in [0, 0.05) is 20.0 Å². The second-order valence-electron chi connectivity index (χ2n) is 5.28. The number of hydrogen-bond donors (Lipinski definition) is 0. The van der Waals surface area contributed by atoms with E-state index in [0.717, 1.165) is 17.8 Å². The first kappa shape index (κ1) is 13.9. The molecule has 3 rings (SSSR count). The zero-order valence-corrected chi connectivity index (χ0v) is 12.5. The van der Waals surface area contributed by atoms with Crippen molar-refractivity contribution in [3.8, 4) is 6.07 Å². The van der Waals surface area contributed by atoms with Crippen LogP contribution in [0.25, 0.3) is 11.0 Å². The SMILES string of the molecule is CN1CC(n2c(CCl)nc3c(C#N)cccc32)CCC1=O. The third-order valence-corrected chi connectivity index (χ3v) is 4.24. The summed E-state index contributed by atoms with van der Waals surface area (Å²) in [5.41, 5.74) is 2.16. The van der Waals surface area contributed by atoms with Crippen LogP contribution in [0.3, 0.4) is 0 Å². The van der Waals surface area contributed by atoms with E-state index in [2.05, 4.69) is 15.6 Å². The highest BCUT2D eigenvalue weighted by atomic mass is 35.5. The molecule has 1 saturated heterocycles. The molecule has 1 aliphatic rings. The highest BCUT2D eigenvalue weighted by molar-refractivity contribution is 6.16. The predicted molar refractivity (Wildman–Crippen MR) is 79.9 cm³/mol.